The Bertz CT molecular complexity index is 726. The molecule has 0 spiro atoms. The molecule has 0 radical (unpaired) electrons. The van der Waals surface area contributed by atoms with Crippen LogP contribution in [0.1, 0.15) is 15.9 Å². The van der Waals surface area contributed by atoms with E-state index in [2.05, 4.69) is 0 Å². The molecule has 2 aromatic carbocycles. The predicted molar refractivity (Wildman–Crippen MR) is 74.3 cm³/mol. The number of alkyl halides is 3. The van der Waals surface area contributed by atoms with Crippen molar-refractivity contribution in [2.24, 2.45) is 0 Å². The van der Waals surface area contributed by atoms with E-state index >= 15 is 0 Å². The second-order valence-electron chi connectivity index (χ2n) is 4.07. The lowest BCUT2D eigenvalue weighted by Crippen LogP contribution is -2.12. The second kappa shape index (κ2) is 6.13. The molecule has 0 amide bonds. The van der Waals surface area contributed by atoms with Gasteiger partial charge in [-0.1, -0.05) is 30.3 Å². The number of hydrogen-bond donors (Lipinski definition) is 0. The Labute approximate surface area is 122 Å². The molecule has 2 nitrogen and oxygen atoms in total. The minimum absolute atomic E-state index is 0.0852. The predicted octanol–water partition coefficient (Wildman–Crippen LogP) is 4.00. The van der Waals surface area contributed by atoms with Crippen molar-refractivity contribution in [1.82, 2.24) is 0 Å². The molecule has 0 aliphatic rings. The number of carbonyl (C=O) groups is 1. The quantitative estimate of drug-likeness (QED) is 0.786. The third-order valence-electron chi connectivity index (χ3n) is 2.62. The fourth-order valence-electron chi connectivity index (χ4n) is 1.66. The van der Waals surface area contributed by atoms with Crippen molar-refractivity contribution >= 4 is 16.9 Å². The molecular formula is C15H9F3O2S. The van der Waals surface area contributed by atoms with Crippen LogP contribution in [0, 0.1) is 0 Å². The zero-order chi connectivity index (χ0) is 15.5. The Kier molecular flexibility index (Phi) is 4.47. The number of benzene rings is 1. The van der Waals surface area contributed by atoms with E-state index in [1.807, 2.05) is 0 Å². The van der Waals surface area contributed by atoms with Gasteiger partial charge in [0, 0.05) is 5.56 Å². The summed E-state index contributed by atoms with van der Waals surface area (Å²) in [6.07, 6.45) is -4.62. The number of carbonyl (C=O) groups excluding carboxylic acids is 1. The highest BCUT2D eigenvalue weighted by molar-refractivity contribution is 8.14. The fourth-order valence-corrected chi connectivity index (χ4v) is 2.46. The zero-order valence-electron chi connectivity index (χ0n) is 10.6. The van der Waals surface area contributed by atoms with Crippen molar-refractivity contribution in [3.63, 3.8) is 0 Å². The summed E-state index contributed by atoms with van der Waals surface area (Å²) in [5, 5.41) is -0.814. The minimum Gasteiger partial charge on any atom is -0.289 e. The summed E-state index contributed by atoms with van der Waals surface area (Å²) in [6.45, 7) is 0. The Morgan fingerprint density at radius 1 is 0.905 bits per heavy atom. The first-order valence-electron chi connectivity index (χ1n) is 5.87. The molecule has 0 aliphatic heterocycles. The van der Waals surface area contributed by atoms with Gasteiger partial charge in [-0.15, -0.1) is 0 Å². The molecule has 0 fully saturated rings. The SMILES string of the molecule is O=C(Sc1cccccc1=O)c1ccccc1C(F)(F)F. The smallest absolute Gasteiger partial charge is 0.289 e. The number of hydrogen-bond acceptors (Lipinski definition) is 3. The molecule has 2 rings (SSSR count). The molecule has 0 unspecified atom stereocenters. The minimum atomic E-state index is -4.62. The molecule has 21 heavy (non-hydrogen) atoms. The van der Waals surface area contributed by atoms with Crippen molar-refractivity contribution < 1.29 is 18.0 Å². The summed E-state index contributed by atoms with van der Waals surface area (Å²) in [7, 11) is 0. The standard InChI is InChI=1S/C15H9F3O2S/c16-15(17,18)11-7-5-4-6-10(11)14(20)21-13-9-3-1-2-8-12(13)19/h1-9H. The first kappa shape index (κ1) is 15.3. The summed E-state index contributed by atoms with van der Waals surface area (Å²) < 4.78 is 38.6. The van der Waals surface area contributed by atoms with E-state index in [0.717, 1.165) is 12.1 Å². The molecule has 108 valence electrons. The van der Waals surface area contributed by atoms with Crippen LogP contribution in [0.3, 0.4) is 0 Å². The van der Waals surface area contributed by atoms with Crippen LogP contribution in [0.5, 0.6) is 0 Å². The van der Waals surface area contributed by atoms with E-state index in [4.69, 9.17) is 0 Å². The van der Waals surface area contributed by atoms with E-state index in [-0.39, 0.29) is 4.90 Å². The summed E-state index contributed by atoms with van der Waals surface area (Å²) in [6, 6.07) is 11.8. The summed E-state index contributed by atoms with van der Waals surface area (Å²) in [4.78, 5) is 23.8. The van der Waals surface area contributed by atoms with Crippen LogP contribution in [0.15, 0.2) is 64.3 Å². The van der Waals surface area contributed by atoms with Crippen LogP contribution in [-0.2, 0) is 6.18 Å². The van der Waals surface area contributed by atoms with Gasteiger partial charge < -0.3 is 0 Å². The highest BCUT2D eigenvalue weighted by atomic mass is 32.2. The van der Waals surface area contributed by atoms with E-state index in [1.165, 1.54) is 30.3 Å². The lowest BCUT2D eigenvalue weighted by atomic mass is 10.1. The largest absolute Gasteiger partial charge is 0.417 e. The first-order valence-corrected chi connectivity index (χ1v) is 6.69. The van der Waals surface area contributed by atoms with Gasteiger partial charge in [-0.05, 0) is 36.0 Å². The lowest BCUT2D eigenvalue weighted by Gasteiger charge is -2.10. The highest BCUT2D eigenvalue weighted by Crippen LogP contribution is 2.34. The van der Waals surface area contributed by atoms with Crippen molar-refractivity contribution in [2.45, 2.75) is 11.1 Å². The number of halogens is 3. The van der Waals surface area contributed by atoms with Gasteiger partial charge in [-0.25, -0.2) is 0 Å². The second-order valence-corrected chi connectivity index (χ2v) is 5.09. The van der Waals surface area contributed by atoms with Gasteiger partial charge in [0.05, 0.1) is 10.5 Å². The molecule has 0 aliphatic carbocycles. The summed E-state index contributed by atoms with van der Waals surface area (Å²) in [5.74, 6) is 0. The molecule has 0 saturated carbocycles. The van der Waals surface area contributed by atoms with Gasteiger partial charge in [0.2, 0.25) is 5.12 Å². The molecule has 6 heteroatoms. The normalized spacial score (nSPS) is 11.2. The molecule has 0 N–H and O–H groups in total. The third-order valence-corrected chi connectivity index (χ3v) is 3.58. The van der Waals surface area contributed by atoms with Crippen LogP contribution < -0.4 is 5.43 Å². The average Bonchev–Trinajstić information content (AvgIpc) is 2.63. The lowest BCUT2D eigenvalue weighted by molar-refractivity contribution is -0.137. The number of thioether (sulfide) groups is 1. The molecular weight excluding hydrogens is 301 g/mol. The summed E-state index contributed by atoms with van der Waals surface area (Å²) >= 11 is 0.496. The van der Waals surface area contributed by atoms with Crippen LogP contribution >= 0.6 is 11.8 Å². The molecule has 0 atom stereocenters. The maximum atomic E-state index is 12.9. The molecule has 0 saturated heterocycles. The van der Waals surface area contributed by atoms with Crippen molar-refractivity contribution in [1.29, 1.82) is 0 Å². The molecule has 0 bridgehead atoms. The topological polar surface area (TPSA) is 34.1 Å². The van der Waals surface area contributed by atoms with Gasteiger partial charge in [0.25, 0.3) is 0 Å². The maximum Gasteiger partial charge on any atom is 0.417 e. The maximum absolute atomic E-state index is 12.9. The Morgan fingerprint density at radius 2 is 1.52 bits per heavy atom. The van der Waals surface area contributed by atoms with E-state index < -0.39 is 27.8 Å². The van der Waals surface area contributed by atoms with E-state index in [0.29, 0.717) is 11.8 Å². The molecule has 2 aromatic rings. The van der Waals surface area contributed by atoms with Crippen molar-refractivity contribution in [3.8, 4) is 0 Å². The Morgan fingerprint density at radius 3 is 2.24 bits per heavy atom. The zero-order valence-corrected chi connectivity index (χ0v) is 11.4. The molecule has 0 heterocycles. The van der Waals surface area contributed by atoms with Crippen LogP contribution in [-0.4, -0.2) is 5.12 Å². The van der Waals surface area contributed by atoms with Gasteiger partial charge in [-0.2, -0.15) is 13.2 Å². The monoisotopic (exact) mass is 310 g/mol. The van der Waals surface area contributed by atoms with Crippen LogP contribution in [0.2, 0.25) is 0 Å². The van der Waals surface area contributed by atoms with E-state index in [9.17, 15) is 22.8 Å². The van der Waals surface area contributed by atoms with Crippen LogP contribution in [0.25, 0.3) is 0 Å². The fraction of sp³-hybridized carbons (Fsp3) is 0.0667. The first-order chi connectivity index (χ1) is 9.89. The van der Waals surface area contributed by atoms with Gasteiger partial charge in [-0.3, -0.25) is 9.59 Å². The Balaban J connectivity index is 2.39. The highest BCUT2D eigenvalue weighted by Gasteiger charge is 2.34. The van der Waals surface area contributed by atoms with Crippen molar-refractivity contribution in [3.05, 3.63) is 75.9 Å². The van der Waals surface area contributed by atoms with Crippen molar-refractivity contribution in [2.75, 3.05) is 0 Å². The van der Waals surface area contributed by atoms with E-state index in [1.54, 1.807) is 12.1 Å². The van der Waals surface area contributed by atoms with Gasteiger partial charge in [0.1, 0.15) is 0 Å². The number of rotatable bonds is 2. The van der Waals surface area contributed by atoms with Gasteiger partial charge >= 0.3 is 6.18 Å². The average molecular weight is 310 g/mol. The summed E-state index contributed by atoms with van der Waals surface area (Å²) in [5.41, 5.74) is -1.88. The molecule has 0 aromatic heterocycles. The van der Waals surface area contributed by atoms with Crippen LogP contribution in [0.4, 0.5) is 13.2 Å². The third kappa shape index (κ3) is 3.72. The Hall–Kier alpha value is -2.08. The van der Waals surface area contributed by atoms with Gasteiger partial charge in [0.15, 0.2) is 5.43 Å².